The average Bonchev–Trinajstić information content (AvgIpc) is 3.12. The van der Waals surface area contributed by atoms with E-state index in [-0.39, 0.29) is 35.9 Å². The van der Waals surface area contributed by atoms with Crippen LogP contribution < -0.4 is 18.9 Å². The topological polar surface area (TPSA) is 66.1 Å². The van der Waals surface area contributed by atoms with Crippen LogP contribution in [0, 0.1) is 44.9 Å². The van der Waals surface area contributed by atoms with E-state index in [0.29, 0.717) is 10.6 Å². The molecule has 0 heterocycles. The predicted molar refractivity (Wildman–Crippen MR) is 92.4 cm³/mol. The molecule has 0 aliphatic heterocycles. The van der Waals surface area contributed by atoms with Crippen molar-refractivity contribution in [2.75, 3.05) is 13.2 Å². The Kier molecular flexibility index (Phi) is 45.7. The Bertz CT molecular complexity index is 411. The molecule has 0 saturated heterocycles. The van der Waals surface area contributed by atoms with Crippen molar-refractivity contribution in [3.05, 3.63) is 79.8 Å². The zero-order valence-electron chi connectivity index (χ0n) is 15.4. The Morgan fingerprint density at radius 3 is 1.58 bits per heavy atom. The zero-order chi connectivity index (χ0) is 19.2. The Morgan fingerprint density at radius 1 is 1.00 bits per heavy atom. The smallest absolute Gasteiger partial charge is 0 e. The van der Waals surface area contributed by atoms with E-state index in [0.717, 1.165) is 13.2 Å². The number of ether oxygens (including phenoxy) is 1. The van der Waals surface area contributed by atoms with Crippen LogP contribution in [0.1, 0.15) is 26.3 Å². The minimum atomic E-state index is 0. The van der Waals surface area contributed by atoms with Gasteiger partial charge in [0.25, 0.3) is 0 Å². The summed E-state index contributed by atoms with van der Waals surface area (Å²) in [6.07, 6.45) is 9.99. The maximum absolute atomic E-state index is 9.95. The van der Waals surface area contributed by atoms with Crippen molar-refractivity contribution in [2.24, 2.45) is 0 Å². The fraction of sp³-hybridized carbons (Fsp3) is 0.263. The van der Waals surface area contributed by atoms with Crippen LogP contribution in [0.4, 0.5) is 0 Å². The molecule has 1 aliphatic carbocycles. The molecule has 2 rings (SSSR count). The SMILES string of the molecule is CCOCC.C[C]1[CH][CH][CH][CH]1.O=[C-]c1ccc(Cl)cc1.[C-]#[O+].[C-]#[O+].[Li+].[Mn]. The number of hydrogen-bond acceptors (Lipinski definition) is 2. The van der Waals surface area contributed by atoms with Gasteiger partial charge in [-0.1, -0.05) is 30.7 Å². The molecule has 26 heavy (non-hydrogen) atoms. The molecule has 1 saturated carbocycles. The quantitative estimate of drug-likeness (QED) is 0.427. The number of rotatable bonds is 3. The van der Waals surface area contributed by atoms with Crippen molar-refractivity contribution >= 4 is 17.9 Å². The van der Waals surface area contributed by atoms with Crippen molar-refractivity contribution in [1.29, 1.82) is 0 Å². The Hall–Kier alpha value is -0.263. The van der Waals surface area contributed by atoms with E-state index in [1.165, 1.54) is 5.92 Å². The third kappa shape index (κ3) is 28.5. The van der Waals surface area contributed by atoms with Crippen LogP contribution in [0.5, 0.6) is 0 Å². The number of hydrogen-bond donors (Lipinski definition) is 0. The number of halogens is 1. The summed E-state index contributed by atoms with van der Waals surface area (Å²) in [5, 5.41) is 0.633. The molecule has 136 valence electrons. The Morgan fingerprint density at radius 2 is 1.38 bits per heavy atom. The molecule has 6 radical (unpaired) electrons. The molecule has 1 fully saturated rings. The second-order valence-corrected chi connectivity index (χ2v) is 4.29. The molecule has 0 atom stereocenters. The van der Waals surface area contributed by atoms with Crippen LogP contribution in [-0.4, -0.2) is 19.5 Å². The summed E-state index contributed by atoms with van der Waals surface area (Å²) in [6, 6.07) is 6.55. The molecule has 0 amide bonds. The van der Waals surface area contributed by atoms with Gasteiger partial charge in [-0.25, -0.2) is 0 Å². The summed E-state index contributed by atoms with van der Waals surface area (Å²) < 4.78 is 19.8. The maximum atomic E-state index is 9.95. The number of carbonyl (C=O) groups excluding carboxylic acids is 1. The average molecular weight is 411 g/mol. The van der Waals surface area contributed by atoms with Gasteiger partial charge < -0.3 is 9.53 Å². The summed E-state index contributed by atoms with van der Waals surface area (Å²) in [5.74, 6) is 1.34. The van der Waals surface area contributed by atoms with Crippen LogP contribution in [0.3, 0.4) is 0 Å². The molecule has 4 nitrogen and oxygen atoms in total. The first-order valence-electron chi connectivity index (χ1n) is 6.94. The van der Waals surface area contributed by atoms with E-state index in [4.69, 9.17) is 25.6 Å². The summed E-state index contributed by atoms with van der Waals surface area (Å²) in [7, 11) is 0. The molecule has 7 heteroatoms. The first-order valence-corrected chi connectivity index (χ1v) is 7.32. The second-order valence-electron chi connectivity index (χ2n) is 3.85. The van der Waals surface area contributed by atoms with Gasteiger partial charge in [0, 0.05) is 35.3 Å². The van der Waals surface area contributed by atoms with Crippen LogP contribution >= 0.6 is 11.6 Å². The molecule has 1 aromatic carbocycles. The molecule has 0 spiro atoms. The fourth-order valence-corrected chi connectivity index (χ4v) is 1.32. The third-order valence-corrected chi connectivity index (χ3v) is 2.45. The van der Waals surface area contributed by atoms with E-state index in [1.807, 2.05) is 26.7 Å². The van der Waals surface area contributed by atoms with E-state index in [9.17, 15) is 4.79 Å². The standard InChI is InChI=1S/C7H4ClO.C6H7.C4H10O.2CO.Li.Mn/c8-7-3-1-6(5-9)2-4-7;1-6-4-2-3-5-6;1-3-5-4-2;2*1-2;;/h1-4H;2-5H,1H3;3-4H2,1-2H3;;;;/q-1;;;;;+1;. The number of benzene rings is 1. The fourth-order valence-electron chi connectivity index (χ4n) is 1.19. The first-order chi connectivity index (χ1) is 11.6. The third-order valence-electron chi connectivity index (χ3n) is 2.20. The molecule has 0 unspecified atom stereocenters. The van der Waals surface area contributed by atoms with Gasteiger partial charge in [-0.15, -0.1) is 0 Å². The predicted octanol–water partition coefficient (Wildman–Crippen LogP) is 1.18. The van der Waals surface area contributed by atoms with E-state index in [1.54, 1.807) is 30.6 Å². The van der Waals surface area contributed by atoms with Gasteiger partial charge in [0.1, 0.15) is 0 Å². The van der Waals surface area contributed by atoms with Gasteiger partial charge in [0.05, 0.1) is 6.29 Å². The van der Waals surface area contributed by atoms with Crippen LogP contribution in [0.25, 0.3) is 0 Å². The molecule has 0 bridgehead atoms. The van der Waals surface area contributed by atoms with E-state index in [2.05, 4.69) is 33.1 Å². The zero-order valence-corrected chi connectivity index (χ0v) is 17.4. The monoisotopic (exact) mass is 410 g/mol. The van der Waals surface area contributed by atoms with E-state index < -0.39 is 0 Å². The molecule has 1 aliphatic rings. The second kappa shape index (κ2) is 32.4. The molecule has 0 N–H and O–H groups in total. The van der Waals surface area contributed by atoms with Crippen molar-refractivity contribution in [3.63, 3.8) is 0 Å². The van der Waals surface area contributed by atoms with Gasteiger partial charge in [0.2, 0.25) is 0 Å². The van der Waals surface area contributed by atoms with Crippen LogP contribution in [0.2, 0.25) is 5.02 Å². The van der Waals surface area contributed by atoms with Gasteiger partial charge in [-0.05, 0) is 45.4 Å². The molecule has 0 aromatic heterocycles. The first kappa shape index (κ1) is 36.6. The van der Waals surface area contributed by atoms with Crippen molar-refractivity contribution < 1.29 is 54.8 Å². The minimum Gasteiger partial charge on any atom is 0 e. The summed E-state index contributed by atoms with van der Waals surface area (Å²) in [6.45, 7) is 16.8. The van der Waals surface area contributed by atoms with Gasteiger partial charge in [-0.2, -0.15) is 17.7 Å². The van der Waals surface area contributed by atoms with E-state index >= 15 is 0 Å². The molecular formula is C19H21ClLiMnO4. The van der Waals surface area contributed by atoms with Crippen molar-refractivity contribution in [3.8, 4) is 0 Å². The van der Waals surface area contributed by atoms with Crippen molar-refractivity contribution in [2.45, 2.75) is 20.8 Å². The normalized spacial score (nSPS) is 10.8. The summed E-state index contributed by atoms with van der Waals surface area (Å²) in [4.78, 5) is 9.95. The largest absolute Gasteiger partial charge is 1.00 e. The maximum Gasteiger partial charge on any atom is 1.00 e. The van der Waals surface area contributed by atoms with Crippen LogP contribution in [0.15, 0.2) is 24.3 Å². The van der Waals surface area contributed by atoms with Crippen LogP contribution in [-0.2, 0) is 35.9 Å². The van der Waals surface area contributed by atoms with Gasteiger partial charge in [-0.3, -0.25) is 0 Å². The van der Waals surface area contributed by atoms with Crippen molar-refractivity contribution in [1.82, 2.24) is 0 Å². The molecule has 1 aromatic rings. The summed E-state index contributed by atoms with van der Waals surface area (Å²) in [5.41, 5.74) is 0.527. The summed E-state index contributed by atoms with van der Waals surface area (Å²) >= 11 is 5.54. The molecular weight excluding hydrogens is 390 g/mol. The van der Waals surface area contributed by atoms with Gasteiger partial charge >= 0.3 is 41.5 Å². The van der Waals surface area contributed by atoms with Gasteiger partial charge in [0.15, 0.2) is 0 Å². The minimum absolute atomic E-state index is 0. The Labute approximate surface area is 185 Å². The Balaban J connectivity index is -0.0000000772.